The van der Waals surface area contributed by atoms with Crippen molar-refractivity contribution >= 4 is 29.9 Å². The maximum atomic E-state index is 12.9. The lowest BCUT2D eigenvalue weighted by molar-refractivity contribution is -0.116. The number of nitrogens with zero attached hydrogens (tertiary/aromatic N) is 1. The molecule has 1 aliphatic rings. The van der Waals surface area contributed by atoms with Crippen molar-refractivity contribution in [2.24, 2.45) is 17.6 Å². The number of carbonyl (C=O) groups excluding carboxylic acids is 2. The van der Waals surface area contributed by atoms with E-state index in [1.54, 1.807) is 6.07 Å². The van der Waals surface area contributed by atoms with Crippen LogP contribution in [0.25, 0.3) is 0 Å². The Bertz CT molecular complexity index is 633. The maximum absolute atomic E-state index is 12.9. The third-order valence-corrected chi connectivity index (χ3v) is 4.85. The van der Waals surface area contributed by atoms with Crippen molar-refractivity contribution in [1.29, 1.82) is 0 Å². The highest BCUT2D eigenvalue weighted by Gasteiger charge is 2.29. The van der Waals surface area contributed by atoms with Crippen molar-refractivity contribution < 1.29 is 9.59 Å². The van der Waals surface area contributed by atoms with Gasteiger partial charge in [-0.05, 0) is 55.4 Å². The zero-order chi connectivity index (χ0) is 18.6. The summed E-state index contributed by atoms with van der Waals surface area (Å²) in [5, 5.41) is 2.93. The fourth-order valence-electron chi connectivity index (χ4n) is 3.42. The number of anilines is 1. The summed E-state index contributed by atoms with van der Waals surface area (Å²) in [6.45, 7) is 9.42. The molecule has 2 amide bonds. The van der Waals surface area contributed by atoms with Crippen LogP contribution in [0.5, 0.6) is 0 Å². The maximum Gasteiger partial charge on any atom is 0.254 e. The van der Waals surface area contributed by atoms with Crippen LogP contribution in [0.15, 0.2) is 18.2 Å². The Hall–Kier alpha value is -1.59. The van der Waals surface area contributed by atoms with E-state index < -0.39 is 0 Å². The summed E-state index contributed by atoms with van der Waals surface area (Å²) in [6.07, 6.45) is 2.47. The number of nitrogens with two attached hydrogens (primary N) is 1. The molecule has 1 aliphatic heterocycles. The highest BCUT2D eigenvalue weighted by atomic mass is 35.5. The molecule has 0 bridgehead atoms. The quantitative estimate of drug-likeness (QED) is 0.818. The van der Waals surface area contributed by atoms with Gasteiger partial charge in [-0.25, -0.2) is 0 Å². The molecule has 2 rings (SSSR count). The molecule has 1 aromatic carbocycles. The Morgan fingerprint density at radius 2 is 2.04 bits per heavy atom. The van der Waals surface area contributed by atoms with E-state index in [-0.39, 0.29) is 30.3 Å². The molecule has 1 fully saturated rings. The third-order valence-electron chi connectivity index (χ3n) is 4.85. The summed E-state index contributed by atoms with van der Waals surface area (Å²) >= 11 is 0. The van der Waals surface area contributed by atoms with Gasteiger partial charge in [0, 0.05) is 36.8 Å². The minimum Gasteiger partial charge on any atom is -0.334 e. The molecule has 0 aromatic heterocycles. The van der Waals surface area contributed by atoms with E-state index >= 15 is 0 Å². The first-order valence-electron chi connectivity index (χ1n) is 9.23. The molecule has 6 heteroatoms. The molecule has 2 atom stereocenters. The van der Waals surface area contributed by atoms with Crippen LogP contribution in [0.2, 0.25) is 0 Å². The van der Waals surface area contributed by atoms with Crippen LogP contribution in [-0.4, -0.2) is 35.8 Å². The van der Waals surface area contributed by atoms with Gasteiger partial charge in [0.05, 0.1) is 0 Å². The number of likely N-dealkylation sites (tertiary alicyclic amines) is 1. The van der Waals surface area contributed by atoms with Gasteiger partial charge in [0.25, 0.3) is 5.91 Å². The normalized spacial score (nSPS) is 19.8. The Balaban J connectivity index is 0.00000338. The Labute approximate surface area is 163 Å². The number of nitrogens with one attached hydrogen (secondary N) is 1. The molecule has 1 heterocycles. The number of aryl methyl sites for hydroxylation is 1. The summed E-state index contributed by atoms with van der Waals surface area (Å²) < 4.78 is 0. The van der Waals surface area contributed by atoms with E-state index in [1.807, 2.05) is 37.8 Å². The molecular formula is C20H32ClN3O2. The van der Waals surface area contributed by atoms with Crippen molar-refractivity contribution in [1.82, 2.24) is 4.90 Å². The summed E-state index contributed by atoms with van der Waals surface area (Å²) in [5.74, 6) is 0.963. The minimum atomic E-state index is 0. The molecule has 26 heavy (non-hydrogen) atoms. The first-order chi connectivity index (χ1) is 11.8. The van der Waals surface area contributed by atoms with Crippen molar-refractivity contribution in [2.75, 3.05) is 18.4 Å². The summed E-state index contributed by atoms with van der Waals surface area (Å²) in [5.41, 5.74) is 8.21. The van der Waals surface area contributed by atoms with Gasteiger partial charge in [-0.2, -0.15) is 0 Å². The van der Waals surface area contributed by atoms with Crippen LogP contribution in [-0.2, 0) is 4.79 Å². The number of rotatable bonds is 5. The van der Waals surface area contributed by atoms with Gasteiger partial charge in [0.2, 0.25) is 5.91 Å². The molecule has 1 aromatic rings. The molecule has 3 N–H and O–H groups in total. The lowest BCUT2D eigenvalue weighted by atomic mass is 9.91. The fraction of sp³-hybridized carbons (Fsp3) is 0.600. The average molecular weight is 382 g/mol. The number of carbonyl (C=O) groups is 2. The first-order valence-corrected chi connectivity index (χ1v) is 9.23. The SMILES string of the molecule is Cc1cc(C(=O)N2CCC(C)CC2CN)ccc1NC(=O)CC(C)C.Cl. The van der Waals surface area contributed by atoms with Crippen LogP contribution in [0.4, 0.5) is 5.69 Å². The molecular weight excluding hydrogens is 350 g/mol. The monoisotopic (exact) mass is 381 g/mol. The van der Waals surface area contributed by atoms with Gasteiger partial charge in [-0.15, -0.1) is 12.4 Å². The number of hydrogen-bond acceptors (Lipinski definition) is 3. The highest BCUT2D eigenvalue weighted by molar-refractivity contribution is 5.96. The molecule has 1 saturated heterocycles. The van der Waals surface area contributed by atoms with Crippen LogP contribution < -0.4 is 11.1 Å². The predicted octanol–water partition coefficient (Wildman–Crippen LogP) is 3.60. The molecule has 0 saturated carbocycles. The number of hydrogen-bond donors (Lipinski definition) is 2. The smallest absolute Gasteiger partial charge is 0.254 e. The first kappa shape index (κ1) is 22.5. The predicted molar refractivity (Wildman–Crippen MR) is 109 cm³/mol. The van der Waals surface area contributed by atoms with Gasteiger partial charge < -0.3 is 16.0 Å². The van der Waals surface area contributed by atoms with Crippen LogP contribution in [0.3, 0.4) is 0 Å². The van der Waals surface area contributed by atoms with Gasteiger partial charge in [0.15, 0.2) is 0 Å². The van der Waals surface area contributed by atoms with Crippen molar-refractivity contribution in [3.05, 3.63) is 29.3 Å². The Kier molecular flexibility index (Phi) is 8.57. The second-order valence-electron chi connectivity index (χ2n) is 7.69. The molecule has 5 nitrogen and oxygen atoms in total. The average Bonchev–Trinajstić information content (AvgIpc) is 2.55. The van der Waals surface area contributed by atoms with E-state index in [2.05, 4.69) is 12.2 Å². The minimum absolute atomic E-state index is 0. The van der Waals surface area contributed by atoms with E-state index in [9.17, 15) is 9.59 Å². The van der Waals surface area contributed by atoms with E-state index in [0.717, 1.165) is 30.6 Å². The van der Waals surface area contributed by atoms with E-state index in [1.165, 1.54) is 0 Å². The standard InChI is InChI=1S/C20H31N3O2.ClH/c1-13(2)9-19(24)22-18-6-5-16(11-15(18)4)20(25)23-8-7-14(3)10-17(23)12-21;/h5-6,11,13-14,17H,7-10,12,21H2,1-4H3,(H,22,24);1H. The lowest BCUT2D eigenvalue weighted by Crippen LogP contribution is -2.49. The van der Waals surface area contributed by atoms with Crippen molar-refractivity contribution in [3.63, 3.8) is 0 Å². The second kappa shape index (κ2) is 9.93. The molecule has 146 valence electrons. The van der Waals surface area contributed by atoms with Crippen molar-refractivity contribution in [3.8, 4) is 0 Å². The Morgan fingerprint density at radius 3 is 2.62 bits per heavy atom. The zero-order valence-corrected chi connectivity index (χ0v) is 17.1. The number of piperidine rings is 1. The summed E-state index contributed by atoms with van der Waals surface area (Å²) in [7, 11) is 0. The number of amides is 2. The molecule has 0 radical (unpaired) electrons. The van der Waals surface area contributed by atoms with Gasteiger partial charge in [-0.3, -0.25) is 9.59 Å². The van der Waals surface area contributed by atoms with Crippen LogP contribution >= 0.6 is 12.4 Å². The molecule has 0 spiro atoms. The van der Waals surface area contributed by atoms with E-state index in [0.29, 0.717) is 30.4 Å². The fourth-order valence-corrected chi connectivity index (χ4v) is 3.42. The topological polar surface area (TPSA) is 75.4 Å². The van der Waals surface area contributed by atoms with Crippen LogP contribution in [0.1, 0.15) is 56.0 Å². The number of benzene rings is 1. The lowest BCUT2D eigenvalue weighted by Gasteiger charge is -2.38. The molecule has 0 aliphatic carbocycles. The molecule has 2 unspecified atom stereocenters. The number of halogens is 1. The largest absolute Gasteiger partial charge is 0.334 e. The van der Waals surface area contributed by atoms with E-state index in [4.69, 9.17) is 5.73 Å². The third kappa shape index (κ3) is 5.71. The van der Waals surface area contributed by atoms with Crippen LogP contribution in [0, 0.1) is 18.8 Å². The van der Waals surface area contributed by atoms with Gasteiger partial charge in [0.1, 0.15) is 0 Å². The zero-order valence-electron chi connectivity index (χ0n) is 16.2. The highest BCUT2D eigenvalue weighted by Crippen LogP contribution is 2.25. The summed E-state index contributed by atoms with van der Waals surface area (Å²) in [4.78, 5) is 26.8. The summed E-state index contributed by atoms with van der Waals surface area (Å²) in [6, 6.07) is 5.59. The Morgan fingerprint density at radius 1 is 1.35 bits per heavy atom. The van der Waals surface area contributed by atoms with Crippen molar-refractivity contribution in [2.45, 2.75) is 53.0 Å². The second-order valence-corrected chi connectivity index (χ2v) is 7.69. The van der Waals surface area contributed by atoms with Gasteiger partial charge >= 0.3 is 0 Å². The van der Waals surface area contributed by atoms with Gasteiger partial charge in [-0.1, -0.05) is 20.8 Å².